The summed E-state index contributed by atoms with van der Waals surface area (Å²) in [6.07, 6.45) is 0. The van der Waals surface area contributed by atoms with Crippen molar-refractivity contribution in [3.8, 4) is 84.6 Å². The van der Waals surface area contributed by atoms with E-state index in [9.17, 15) is 0 Å². The molecule has 9 heteroatoms. The van der Waals surface area contributed by atoms with Gasteiger partial charge in [0.05, 0.1) is 100 Å². The van der Waals surface area contributed by atoms with E-state index >= 15 is 0 Å². The lowest BCUT2D eigenvalue weighted by Gasteiger charge is -2.14. The first-order chi connectivity index (χ1) is 69.9. The molecule has 0 atom stereocenters. The molecule has 141 heavy (non-hydrogen) atoms. The van der Waals surface area contributed by atoms with Crippen molar-refractivity contribution in [1.29, 1.82) is 0 Å². The van der Waals surface area contributed by atoms with Crippen LogP contribution in [-0.2, 0) is 0 Å². The summed E-state index contributed by atoms with van der Waals surface area (Å²) >= 11 is 0. The van der Waals surface area contributed by atoms with Gasteiger partial charge in [0.25, 0.3) is 0 Å². The van der Waals surface area contributed by atoms with E-state index in [4.69, 9.17) is 29.9 Å². The highest BCUT2D eigenvalue weighted by Crippen LogP contribution is 2.48. The van der Waals surface area contributed by atoms with Gasteiger partial charge in [-0.05, 0) is 212 Å². The molecular formula is C132H81N9. The fraction of sp³-hybridized carbons (Fsp3) is 0. The van der Waals surface area contributed by atoms with Crippen LogP contribution in [0.25, 0.3) is 280 Å². The van der Waals surface area contributed by atoms with Crippen molar-refractivity contribution in [3.05, 3.63) is 491 Å². The number of hydrogen-bond donors (Lipinski definition) is 0. The quantitative estimate of drug-likeness (QED) is 0.143. The second-order valence-corrected chi connectivity index (χ2v) is 36.6. The van der Waals surface area contributed by atoms with Crippen LogP contribution in [0.15, 0.2) is 491 Å². The van der Waals surface area contributed by atoms with Crippen LogP contribution in [-0.4, -0.2) is 43.6 Å². The molecule has 0 spiro atoms. The molecule has 9 nitrogen and oxygen atoms in total. The number of fused-ring (bicyclic) bond motifs is 27. The molecule has 0 N–H and O–H groups in total. The van der Waals surface area contributed by atoms with Gasteiger partial charge in [0.2, 0.25) is 0 Å². The van der Waals surface area contributed by atoms with Gasteiger partial charge in [-0.15, -0.1) is 0 Å². The van der Waals surface area contributed by atoms with Gasteiger partial charge in [0, 0.05) is 82.8 Å². The summed E-state index contributed by atoms with van der Waals surface area (Å²) in [5, 5.41) is 29.9. The first kappa shape index (κ1) is 80.5. The molecule has 6 aromatic heterocycles. The van der Waals surface area contributed by atoms with E-state index in [1.807, 2.05) is 72.8 Å². The molecule has 0 amide bonds. The van der Waals surface area contributed by atoms with Crippen molar-refractivity contribution in [1.82, 2.24) is 43.6 Å². The maximum Gasteiger partial charge on any atom is 0.0979 e. The highest BCUT2D eigenvalue weighted by Gasteiger charge is 2.26. The Morgan fingerprint density at radius 3 is 0.681 bits per heavy atom. The number of rotatable bonds is 9. The standard InChI is InChI=1S/3C44H27N3/c1-4-17-33-28(11-1)14-10-20-36(33)44-43(45-37-21-7-8-22-38(37)46-44)31-15-9-16-32(27-31)47-39-25-23-29-12-2-5-18-34(29)41(39)42-35-19-6-3-13-30(35)24-26-40(42)47;1-4-14-33-28(10-1)13-9-17-36(33)44-43(45-37-18-7-8-19-38(37)46-44)31-20-24-32(25-21-31)47-39-26-22-29-11-2-5-15-34(29)41(39)42-35-16-6-3-12-30(35)23-27-40(42)47;1-2-12-32-27-33(18-17-28(32)9-1)44-43(45-37-15-7-8-16-38(37)46-44)31-19-23-34(24-20-31)47-39-25-21-29-10-3-5-13-35(29)41(39)42-36-14-6-4-11-30(36)22-26-40(42)47/h3*1-27H. The fourth-order valence-corrected chi connectivity index (χ4v) is 22.2. The summed E-state index contributed by atoms with van der Waals surface area (Å²) in [6, 6.07) is 175. The first-order valence-electron chi connectivity index (χ1n) is 48.0. The summed E-state index contributed by atoms with van der Waals surface area (Å²) in [7, 11) is 0. The third-order valence-electron chi connectivity index (χ3n) is 28.6. The molecular weight excluding hydrogens is 1710 g/mol. The number of nitrogens with zero attached hydrogens (tertiary/aromatic N) is 9. The summed E-state index contributed by atoms with van der Waals surface area (Å²) in [6.45, 7) is 0. The topological polar surface area (TPSA) is 92.1 Å². The predicted molar refractivity (Wildman–Crippen MR) is 592 cm³/mol. The molecule has 30 rings (SSSR count). The summed E-state index contributed by atoms with van der Waals surface area (Å²) in [5.74, 6) is 0. The Balaban J connectivity index is 0.000000104. The smallest absolute Gasteiger partial charge is 0.0979 e. The minimum absolute atomic E-state index is 0.874. The number of aromatic nitrogens is 9. The van der Waals surface area contributed by atoms with E-state index in [0.717, 1.165) is 123 Å². The van der Waals surface area contributed by atoms with Gasteiger partial charge >= 0.3 is 0 Å². The lowest BCUT2D eigenvalue weighted by molar-refractivity contribution is 1.18. The normalized spacial score (nSPS) is 11.8. The minimum Gasteiger partial charge on any atom is -0.309 e. The Morgan fingerprint density at radius 1 is 0.128 bits per heavy atom. The lowest BCUT2D eigenvalue weighted by Crippen LogP contribution is -1.98. The Morgan fingerprint density at radius 2 is 0.348 bits per heavy atom. The average molecular weight is 1790 g/mol. The Hall–Kier alpha value is -19.0. The van der Waals surface area contributed by atoms with Crippen LogP contribution < -0.4 is 0 Å². The van der Waals surface area contributed by atoms with Crippen molar-refractivity contribution in [2.75, 3.05) is 0 Å². The van der Waals surface area contributed by atoms with Crippen LogP contribution in [0.2, 0.25) is 0 Å². The van der Waals surface area contributed by atoms with E-state index < -0.39 is 0 Å². The van der Waals surface area contributed by atoms with Crippen LogP contribution in [0.3, 0.4) is 0 Å². The number of hydrogen-bond acceptors (Lipinski definition) is 6. The second-order valence-electron chi connectivity index (χ2n) is 36.6. The maximum absolute atomic E-state index is 5.29. The van der Waals surface area contributed by atoms with Crippen LogP contribution >= 0.6 is 0 Å². The number of para-hydroxylation sites is 6. The first-order valence-corrected chi connectivity index (χ1v) is 48.0. The van der Waals surface area contributed by atoms with Gasteiger partial charge in [0.15, 0.2) is 0 Å². The molecule has 0 aliphatic rings. The van der Waals surface area contributed by atoms with Crippen molar-refractivity contribution < 1.29 is 0 Å². The Bertz CT molecular complexity index is 10100. The molecule has 0 saturated carbocycles. The summed E-state index contributed by atoms with van der Waals surface area (Å²) in [4.78, 5) is 31.4. The van der Waals surface area contributed by atoms with Crippen molar-refractivity contribution >= 4 is 195 Å². The zero-order chi connectivity index (χ0) is 92.7. The van der Waals surface area contributed by atoms with Crippen LogP contribution in [0.4, 0.5) is 0 Å². The Labute approximate surface area is 809 Å². The molecule has 0 aliphatic heterocycles. The zero-order valence-corrected chi connectivity index (χ0v) is 76.3. The van der Waals surface area contributed by atoms with Crippen LogP contribution in [0.1, 0.15) is 0 Å². The molecule has 30 aromatic rings. The molecule has 0 saturated heterocycles. The molecule has 0 fully saturated rings. The van der Waals surface area contributed by atoms with Gasteiger partial charge in [-0.3, -0.25) is 0 Å². The molecule has 24 aromatic carbocycles. The Kier molecular flexibility index (Phi) is 18.8. The molecule has 0 bridgehead atoms. The zero-order valence-electron chi connectivity index (χ0n) is 76.3. The molecule has 0 unspecified atom stereocenters. The van der Waals surface area contributed by atoms with E-state index in [0.29, 0.717) is 0 Å². The highest BCUT2D eigenvalue weighted by molar-refractivity contribution is 6.32. The van der Waals surface area contributed by atoms with Gasteiger partial charge in [-0.25, -0.2) is 29.9 Å². The summed E-state index contributed by atoms with van der Waals surface area (Å²) in [5.41, 5.74) is 27.4. The van der Waals surface area contributed by atoms with E-state index in [-0.39, 0.29) is 0 Å². The highest BCUT2D eigenvalue weighted by atomic mass is 15.0. The van der Waals surface area contributed by atoms with Gasteiger partial charge < -0.3 is 13.7 Å². The lowest BCUT2D eigenvalue weighted by atomic mass is 9.98. The van der Waals surface area contributed by atoms with Gasteiger partial charge in [-0.1, -0.05) is 376 Å². The monoisotopic (exact) mass is 1790 g/mol. The third-order valence-corrected chi connectivity index (χ3v) is 28.6. The molecule has 0 radical (unpaired) electrons. The van der Waals surface area contributed by atoms with Gasteiger partial charge in [0.1, 0.15) is 0 Å². The largest absolute Gasteiger partial charge is 0.309 e. The number of benzene rings is 24. The van der Waals surface area contributed by atoms with Crippen molar-refractivity contribution in [2.45, 2.75) is 0 Å². The van der Waals surface area contributed by atoms with Crippen LogP contribution in [0, 0.1) is 0 Å². The minimum atomic E-state index is 0.874. The van der Waals surface area contributed by atoms with E-state index in [2.05, 4.69) is 432 Å². The molecule has 6 heterocycles. The average Bonchev–Trinajstić information content (AvgIpc) is 1.56. The molecule has 654 valence electrons. The van der Waals surface area contributed by atoms with E-state index in [1.165, 1.54) is 157 Å². The second kappa shape index (κ2) is 33.0. The summed E-state index contributed by atoms with van der Waals surface area (Å²) < 4.78 is 7.23. The van der Waals surface area contributed by atoms with Crippen molar-refractivity contribution in [2.24, 2.45) is 0 Å². The maximum atomic E-state index is 5.29. The third kappa shape index (κ3) is 13.4. The van der Waals surface area contributed by atoms with Gasteiger partial charge in [-0.2, -0.15) is 0 Å². The van der Waals surface area contributed by atoms with Crippen LogP contribution in [0.5, 0.6) is 0 Å². The van der Waals surface area contributed by atoms with E-state index in [1.54, 1.807) is 0 Å². The fourth-order valence-electron chi connectivity index (χ4n) is 22.2. The van der Waals surface area contributed by atoms with Crippen molar-refractivity contribution in [3.63, 3.8) is 0 Å². The predicted octanol–water partition coefficient (Wildman–Crippen LogP) is 34.6. The molecule has 0 aliphatic carbocycles. The SMILES string of the molecule is c1cc(-c2nc3ccccc3nc2-c2cccc3ccccc23)cc(-n2c3ccc4ccccc4c3c3c4ccccc4ccc32)c1.c1ccc2c(-c3nc4ccccc4nc3-c3ccc(-n4c5ccc6ccccc6c5c5c6ccccc6ccc54)cc3)cccc2c1.c1ccc2cc(-c3nc4ccccc4nc3-c3ccc(-n4c5ccc6ccccc6c5c5c6ccccc6ccc54)cc3)ccc2c1.